The zero-order chi connectivity index (χ0) is 58.7. The molecule has 26 atom stereocenters. The van der Waals surface area contributed by atoms with Crippen molar-refractivity contribution in [3.8, 4) is 0 Å². The number of fused-ring (bicyclic) bond motifs is 5. The number of hydrogen-bond acceptors (Lipinski definition) is 17. The fourth-order valence-corrected chi connectivity index (χ4v) is 16.3. The lowest BCUT2D eigenvalue weighted by molar-refractivity contribution is -0.316. The Morgan fingerprint density at radius 2 is 1.59 bits per heavy atom. The van der Waals surface area contributed by atoms with E-state index in [4.69, 9.17) is 28.4 Å². The third-order valence-electron chi connectivity index (χ3n) is 20.9. The third-order valence-corrected chi connectivity index (χ3v) is 20.9. The monoisotopic (exact) mass is 1120 g/mol. The fourth-order valence-electron chi connectivity index (χ4n) is 16.3. The van der Waals surface area contributed by atoms with Crippen molar-refractivity contribution >= 4 is 17.7 Å². The summed E-state index contributed by atoms with van der Waals surface area (Å²) in [6.45, 7) is 24.1. The molecule has 0 bridgehead atoms. The minimum Gasteiger partial charge on any atom is -0.459 e. The Morgan fingerprint density at radius 3 is 2.24 bits per heavy atom. The van der Waals surface area contributed by atoms with Crippen molar-refractivity contribution in [1.82, 2.24) is 15.5 Å². The van der Waals surface area contributed by atoms with Crippen molar-refractivity contribution in [3.63, 3.8) is 0 Å². The number of alkyl halides is 1. The number of nitrogens with zero attached hydrogens (tertiary/aromatic N) is 1. The molecule has 2 saturated carbocycles. The van der Waals surface area contributed by atoms with Crippen LogP contribution >= 0.6 is 0 Å². The Morgan fingerprint density at radius 1 is 0.911 bits per heavy atom. The van der Waals surface area contributed by atoms with Gasteiger partial charge < -0.3 is 69.7 Å². The van der Waals surface area contributed by atoms with E-state index in [1.54, 1.807) is 68.5 Å². The number of cyclic esters (lactones) is 1. The number of aliphatic hydroxyl groups is 6. The van der Waals surface area contributed by atoms with E-state index in [9.17, 15) is 45.0 Å². The van der Waals surface area contributed by atoms with Gasteiger partial charge in [-0.1, -0.05) is 52.3 Å². The molecule has 0 aromatic rings. The van der Waals surface area contributed by atoms with Crippen LogP contribution in [-0.4, -0.2) is 189 Å². The van der Waals surface area contributed by atoms with Crippen LogP contribution in [0.25, 0.3) is 0 Å². The predicted molar refractivity (Wildman–Crippen MR) is 293 cm³/mol. The lowest BCUT2D eigenvalue weighted by atomic mass is 9.46. The Bertz CT molecular complexity index is 2220. The van der Waals surface area contributed by atoms with Gasteiger partial charge in [0.25, 0.3) is 0 Å². The van der Waals surface area contributed by atoms with Crippen molar-refractivity contribution in [1.29, 1.82) is 0 Å². The van der Waals surface area contributed by atoms with Gasteiger partial charge in [0.2, 0.25) is 5.91 Å². The number of allylic oxidation sites excluding steroid dienone is 4. The van der Waals surface area contributed by atoms with Crippen LogP contribution in [-0.2, 0) is 42.8 Å². The van der Waals surface area contributed by atoms with Gasteiger partial charge in [-0.3, -0.25) is 19.3 Å². The first-order valence-electron chi connectivity index (χ1n) is 29.6. The van der Waals surface area contributed by atoms with Crippen molar-refractivity contribution in [2.75, 3.05) is 33.8 Å². The number of amides is 1. The topological polar surface area (TPSA) is 255 Å². The molecule has 0 aromatic carbocycles. The van der Waals surface area contributed by atoms with Gasteiger partial charge in [-0.2, -0.15) is 0 Å². The number of hydrogen-bond donors (Lipinski definition) is 8. The first-order chi connectivity index (χ1) is 36.8. The number of rotatable bonds is 12. The number of ether oxygens (including phenoxy) is 6. The first-order valence-corrected chi connectivity index (χ1v) is 29.6. The molecule has 0 radical (unpaired) electrons. The van der Waals surface area contributed by atoms with Gasteiger partial charge in [0.15, 0.2) is 24.0 Å². The molecule has 1 amide bonds. The first kappa shape index (κ1) is 64.1. The van der Waals surface area contributed by atoms with Crippen LogP contribution in [0.2, 0.25) is 0 Å². The highest BCUT2D eigenvalue weighted by Gasteiger charge is 2.71. The highest BCUT2D eigenvalue weighted by Crippen LogP contribution is 2.69. The molecule has 79 heavy (non-hydrogen) atoms. The molecule has 8 N–H and O–H groups in total. The van der Waals surface area contributed by atoms with Gasteiger partial charge >= 0.3 is 5.97 Å². The summed E-state index contributed by atoms with van der Waals surface area (Å²) < 4.78 is 56.0. The second-order valence-electron chi connectivity index (χ2n) is 26.8. The SMILES string of the molecule is CC[C@H]1OC(=O)[C@H](C)[C@@H](O[C@H]2C[C@@](C)(OC)[C@@H](O)[C@H](C)O2)[C@H](C)[C@@H](O[C@@H]2O[C@H](C)C[C@H](NC)[C@H]2O)[C@](C)(O)C[C@@H](C)CN(CCCNC(=O)[C@H]2[C@H](C)CC3C4CC=C5CC(=O)C=C[C@]5(C)[C@@]4(F)[C@@H](O)C[C@@]32C)[C@H](C)[C@@H](O)[C@]1(C)O. The average molecular weight is 1120 g/mol. The number of halogens is 1. The zero-order valence-corrected chi connectivity index (χ0v) is 49.9. The lowest BCUT2D eigenvalue weighted by Gasteiger charge is -2.61. The summed E-state index contributed by atoms with van der Waals surface area (Å²) in [6.07, 6.45) is -4.17. The molecule has 0 spiro atoms. The van der Waals surface area contributed by atoms with Crippen LogP contribution < -0.4 is 10.6 Å². The molecule has 19 heteroatoms. The van der Waals surface area contributed by atoms with Gasteiger partial charge in [-0.05, 0) is 137 Å². The number of likely N-dealkylation sites (N-methyl/N-ethyl adjacent to an activating group) is 1. The summed E-state index contributed by atoms with van der Waals surface area (Å²) in [5.74, 6) is -4.62. The third kappa shape index (κ3) is 12.0. The van der Waals surface area contributed by atoms with Gasteiger partial charge in [0.05, 0.1) is 47.6 Å². The standard InChI is InChI=1S/C60H100FN3O15/c1-16-44-59(13,73)49(68)36(7)64(23-17-22-63-52(70)46-32(3)24-41-40-19-18-38-26-39(65)20-21-56(38,10)60(40,61)43(66)28-55(41,46)9)30-31(2)27-57(11,72)51(79-54-47(67)42(62-14)25-33(4)75-54)34(5)48(35(6)53(71)77-44)78-45-29-58(12,74-15)50(69)37(8)76-45/h18,20-21,31-37,40-51,54,62,66-69,72-73H,16-17,19,22-30H2,1-15H3,(H,63,70)/t31-,32-,33-,34+,35-,36-,37+,40?,41?,42+,43+,44-,45+,46-,47-,48+,49-,50+,51-,54+,55+,56+,57-,58-,59-,60+/m1/s1. The summed E-state index contributed by atoms with van der Waals surface area (Å²) in [7, 11) is 3.24. The zero-order valence-electron chi connectivity index (χ0n) is 49.9. The maximum atomic E-state index is 17.9. The molecule has 7 aliphatic rings. The van der Waals surface area contributed by atoms with E-state index in [0.29, 0.717) is 44.3 Å². The highest BCUT2D eigenvalue weighted by atomic mass is 19.1. The Kier molecular flexibility index (Phi) is 19.7. The smallest absolute Gasteiger partial charge is 0.311 e. The van der Waals surface area contributed by atoms with Gasteiger partial charge in [-0.15, -0.1) is 0 Å². The van der Waals surface area contributed by atoms with Crippen LogP contribution in [0, 0.1) is 52.3 Å². The molecule has 2 unspecified atom stereocenters. The predicted octanol–water partition coefficient (Wildman–Crippen LogP) is 4.67. The fraction of sp³-hybridized carbons (Fsp3) is 0.883. The number of carbonyl (C=O) groups is 3. The van der Waals surface area contributed by atoms with E-state index in [0.717, 1.165) is 0 Å². The molecule has 3 heterocycles. The lowest BCUT2D eigenvalue weighted by Crippen LogP contribution is -2.66. The minimum atomic E-state index is -2.00. The maximum absolute atomic E-state index is 17.9. The Hall–Kier alpha value is -2.50. The summed E-state index contributed by atoms with van der Waals surface area (Å²) >= 11 is 0. The number of nitrogens with one attached hydrogen (secondary N) is 2. The maximum Gasteiger partial charge on any atom is 0.311 e. The van der Waals surface area contributed by atoms with Crippen molar-refractivity contribution in [3.05, 3.63) is 23.8 Å². The van der Waals surface area contributed by atoms with Crippen LogP contribution in [0.3, 0.4) is 0 Å². The number of aliphatic hydroxyl groups excluding tert-OH is 4. The van der Waals surface area contributed by atoms with Crippen LogP contribution in [0.15, 0.2) is 23.8 Å². The van der Waals surface area contributed by atoms with Gasteiger partial charge in [-0.25, -0.2) is 4.39 Å². The molecule has 18 nitrogen and oxygen atoms in total. The van der Waals surface area contributed by atoms with Crippen molar-refractivity contribution in [2.45, 2.75) is 250 Å². The molecule has 5 fully saturated rings. The molecular formula is C60H100FN3O15. The average Bonchev–Trinajstić information content (AvgIpc) is 2.65. The van der Waals surface area contributed by atoms with Gasteiger partial charge in [0.1, 0.15) is 30.0 Å². The van der Waals surface area contributed by atoms with E-state index in [1.165, 1.54) is 20.1 Å². The highest BCUT2D eigenvalue weighted by molar-refractivity contribution is 5.93. The summed E-state index contributed by atoms with van der Waals surface area (Å²) in [4.78, 5) is 43.6. The molecule has 452 valence electrons. The van der Waals surface area contributed by atoms with E-state index in [1.807, 2.05) is 38.7 Å². The number of ketones is 1. The number of methoxy groups -OCH3 is 1. The van der Waals surface area contributed by atoms with E-state index in [-0.39, 0.29) is 74.2 Å². The summed E-state index contributed by atoms with van der Waals surface area (Å²) in [5, 5.41) is 78.7. The molecule has 3 saturated heterocycles. The molecule has 0 aromatic heterocycles. The Balaban J connectivity index is 1.14. The summed E-state index contributed by atoms with van der Waals surface area (Å²) in [6, 6.07) is -1.15. The van der Waals surface area contributed by atoms with E-state index >= 15 is 4.39 Å². The largest absolute Gasteiger partial charge is 0.459 e. The molecular weight excluding hydrogens is 1020 g/mol. The quantitative estimate of drug-likeness (QED) is 0.0751. The van der Waals surface area contributed by atoms with E-state index in [2.05, 4.69) is 10.6 Å². The molecule has 4 aliphatic carbocycles. The van der Waals surface area contributed by atoms with Crippen LogP contribution in [0.1, 0.15) is 148 Å². The van der Waals surface area contributed by atoms with Crippen LogP contribution in [0.4, 0.5) is 4.39 Å². The second kappa shape index (κ2) is 24.2. The number of carbonyl (C=O) groups excluding carboxylic acids is 3. The normalized spacial score (nSPS) is 50.3. The molecule has 7 rings (SSSR count). The Labute approximate surface area is 469 Å². The van der Waals surface area contributed by atoms with Crippen LogP contribution in [0.5, 0.6) is 0 Å². The van der Waals surface area contributed by atoms with Gasteiger partial charge in [0, 0.05) is 74.8 Å². The second-order valence-corrected chi connectivity index (χ2v) is 26.8. The minimum absolute atomic E-state index is 0.0771. The molecule has 3 aliphatic heterocycles. The van der Waals surface area contributed by atoms with Crippen molar-refractivity contribution in [2.24, 2.45) is 52.3 Å². The number of esters is 1. The summed E-state index contributed by atoms with van der Waals surface area (Å²) in [5.41, 5.74) is -7.88. The van der Waals surface area contributed by atoms with Crippen molar-refractivity contribution < 1.29 is 77.8 Å². The van der Waals surface area contributed by atoms with E-state index < -0.39 is 136 Å².